The number of nitrogens with zero attached hydrogens (tertiary/aromatic N) is 3. The summed E-state index contributed by atoms with van der Waals surface area (Å²) in [6.45, 7) is 0. The topological polar surface area (TPSA) is 80.5 Å². The number of anilines is 1. The van der Waals surface area contributed by atoms with E-state index in [1.807, 2.05) is 18.2 Å². The Morgan fingerprint density at radius 2 is 2.21 bits per heavy atom. The zero-order valence-electron chi connectivity index (χ0n) is 7.14. The van der Waals surface area contributed by atoms with Crippen LogP contribution >= 0.6 is 12.2 Å². The van der Waals surface area contributed by atoms with E-state index in [4.69, 9.17) is 18.0 Å². The van der Waals surface area contributed by atoms with Crippen LogP contribution in [0, 0.1) is 4.64 Å². The molecule has 0 saturated carbocycles. The van der Waals surface area contributed by atoms with Gasteiger partial charge < -0.3 is 5.73 Å². The molecule has 2 aromatic rings. The van der Waals surface area contributed by atoms with E-state index in [1.54, 1.807) is 6.20 Å². The third kappa shape index (κ3) is 1.60. The van der Waals surface area contributed by atoms with Crippen molar-refractivity contribution < 1.29 is 0 Å². The van der Waals surface area contributed by atoms with E-state index in [0.717, 1.165) is 0 Å². The highest BCUT2D eigenvalue weighted by atomic mass is 32.1. The van der Waals surface area contributed by atoms with Crippen LogP contribution in [0.5, 0.6) is 0 Å². The molecule has 5 nitrogen and oxygen atoms in total. The van der Waals surface area contributed by atoms with Crippen LogP contribution in [0.4, 0.5) is 5.82 Å². The summed E-state index contributed by atoms with van der Waals surface area (Å²) in [5.74, 6) is 0.740. The zero-order valence-corrected chi connectivity index (χ0v) is 7.95. The van der Waals surface area contributed by atoms with Crippen molar-refractivity contribution in [3.05, 3.63) is 29.0 Å². The molecule has 0 saturated heterocycles. The van der Waals surface area contributed by atoms with Crippen molar-refractivity contribution in [3.8, 4) is 11.5 Å². The number of aromatic amines is 1. The number of aromatic nitrogens is 4. The first kappa shape index (κ1) is 8.76. The van der Waals surface area contributed by atoms with Gasteiger partial charge in [-0.2, -0.15) is 5.10 Å². The standard InChI is InChI=1S/C8H7N5S/c9-6-8(14)11-7(13-12-6)5-3-1-2-4-10-5/h1-4H,(H2,9,12)(H,11,13,14). The van der Waals surface area contributed by atoms with Crippen molar-refractivity contribution in [1.82, 2.24) is 20.2 Å². The summed E-state index contributed by atoms with van der Waals surface area (Å²) in [6, 6.07) is 5.49. The number of nitrogens with two attached hydrogens (primary N) is 1. The molecule has 0 aliphatic heterocycles. The lowest BCUT2D eigenvalue weighted by Crippen LogP contribution is -1.99. The SMILES string of the molecule is Nc1n[nH]c(-c2ccccn2)nc1=S. The number of H-pyrrole nitrogens is 1. The van der Waals surface area contributed by atoms with Gasteiger partial charge in [0.1, 0.15) is 5.69 Å². The molecular weight excluding hydrogens is 198 g/mol. The Labute approximate surface area is 85.0 Å². The molecule has 3 N–H and O–H groups in total. The van der Waals surface area contributed by atoms with E-state index >= 15 is 0 Å². The van der Waals surface area contributed by atoms with Gasteiger partial charge in [0.25, 0.3) is 0 Å². The lowest BCUT2D eigenvalue weighted by Gasteiger charge is -1.98. The predicted octanol–water partition coefficient (Wildman–Crippen LogP) is 1.18. The molecular formula is C8H7N5S. The largest absolute Gasteiger partial charge is 0.380 e. The lowest BCUT2D eigenvalue weighted by atomic mass is 10.3. The molecule has 0 radical (unpaired) electrons. The average molecular weight is 205 g/mol. The molecule has 14 heavy (non-hydrogen) atoms. The van der Waals surface area contributed by atoms with Crippen molar-refractivity contribution in [1.29, 1.82) is 0 Å². The van der Waals surface area contributed by atoms with Crippen LogP contribution < -0.4 is 5.73 Å². The van der Waals surface area contributed by atoms with E-state index in [1.165, 1.54) is 0 Å². The van der Waals surface area contributed by atoms with Gasteiger partial charge in [0.2, 0.25) is 0 Å². The second-order valence-electron chi connectivity index (χ2n) is 2.59. The molecule has 0 fully saturated rings. The van der Waals surface area contributed by atoms with E-state index in [9.17, 15) is 0 Å². The Balaban J connectivity index is 2.54. The first-order chi connectivity index (χ1) is 6.77. The van der Waals surface area contributed by atoms with Crippen molar-refractivity contribution in [2.75, 3.05) is 5.73 Å². The molecule has 0 unspecified atom stereocenters. The van der Waals surface area contributed by atoms with Crippen molar-refractivity contribution in [2.24, 2.45) is 0 Å². The van der Waals surface area contributed by atoms with E-state index < -0.39 is 0 Å². The maximum atomic E-state index is 5.44. The van der Waals surface area contributed by atoms with Gasteiger partial charge in [-0.05, 0) is 12.1 Å². The number of nitrogens with one attached hydrogen (secondary N) is 1. The maximum absolute atomic E-state index is 5.44. The maximum Gasteiger partial charge on any atom is 0.180 e. The van der Waals surface area contributed by atoms with Crippen LogP contribution in [-0.4, -0.2) is 20.2 Å². The molecule has 2 aromatic heterocycles. The smallest absolute Gasteiger partial charge is 0.180 e. The van der Waals surface area contributed by atoms with Crippen molar-refractivity contribution in [3.63, 3.8) is 0 Å². The van der Waals surface area contributed by atoms with Crippen LogP contribution in [-0.2, 0) is 0 Å². The van der Waals surface area contributed by atoms with Gasteiger partial charge >= 0.3 is 0 Å². The van der Waals surface area contributed by atoms with E-state index in [2.05, 4.69) is 20.2 Å². The Morgan fingerprint density at radius 3 is 2.86 bits per heavy atom. The molecule has 2 heterocycles. The summed E-state index contributed by atoms with van der Waals surface area (Å²) >= 11 is 4.89. The molecule has 0 bridgehead atoms. The number of pyridine rings is 1. The molecule has 0 spiro atoms. The van der Waals surface area contributed by atoms with Gasteiger partial charge in [0.15, 0.2) is 16.3 Å². The molecule has 0 amide bonds. The highest BCUT2D eigenvalue weighted by Crippen LogP contribution is 2.09. The van der Waals surface area contributed by atoms with Crippen LogP contribution in [0.25, 0.3) is 11.5 Å². The minimum atomic E-state index is 0.222. The van der Waals surface area contributed by atoms with Crippen LogP contribution in [0.1, 0.15) is 0 Å². The fraction of sp³-hybridized carbons (Fsp3) is 0. The third-order valence-corrected chi connectivity index (χ3v) is 1.92. The lowest BCUT2D eigenvalue weighted by molar-refractivity contribution is 0.973. The summed E-state index contributed by atoms with van der Waals surface area (Å²) in [4.78, 5) is 8.15. The summed E-state index contributed by atoms with van der Waals surface area (Å²) in [5.41, 5.74) is 6.12. The molecule has 0 atom stereocenters. The molecule has 0 aromatic carbocycles. The predicted molar refractivity (Wildman–Crippen MR) is 54.9 cm³/mol. The number of hydrogen-bond acceptors (Lipinski definition) is 5. The van der Waals surface area contributed by atoms with Gasteiger partial charge in [0.05, 0.1) is 0 Å². The Hall–Kier alpha value is -1.82. The second kappa shape index (κ2) is 3.51. The Bertz CT molecular complexity index is 493. The first-order valence-corrected chi connectivity index (χ1v) is 4.32. The van der Waals surface area contributed by atoms with Gasteiger partial charge in [-0.1, -0.05) is 18.3 Å². The van der Waals surface area contributed by atoms with Crippen molar-refractivity contribution >= 4 is 18.0 Å². The fourth-order valence-electron chi connectivity index (χ4n) is 0.962. The second-order valence-corrected chi connectivity index (χ2v) is 2.98. The third-order valence-electron chi connectivity index (χ3n) is 1.62. The molecule has 70 valence electrons. The Kier molecular flexibility index (Phi) is 2.19. The van der Waals surface area contributed by atoms with Gasteiger partial charge in [-0.3, -0.25) is 10.1 Å². The minimum absolute atomic E-state index is 0.222. The normalized spacial score (nSPS) is 10.0. The van der Waals surface area contributed by atoms with Crippen LogP contribution in [0.3, 0.4) is 0 Å². The molecule has 0 aliphatic carbocycles. The van der Waals surface area contributed by atoms with Gasteiger partial charge in [0, 0.05) is 6.20 Å². The first-order valence-electron chi connectivity index (χ1n) is 3.91. The summed E-state index contributed by atoms with van der Waals surface area (Å²) < 4.78 is 0.282. The summed E-state index contributed by atoms with van der Waals surface area (Å²) in [7, 11) is 0. The highest BCUT2D eigenvalue weighted by Gasteiger charge is 2.01. The monoisotopic (exact) mass is 205 g/mol. The van der Waals surface area contributed by atoms with Crippen molar-refractivity contribution in [2.45, 2.75) is 0 Å². The van der Waals surface area contributed by atoms with Crippen LogP contribution in [0.15, 0.2) is 24.4 Å². The average Bonchev–Trinajstić information content (AvgIpc) is 2.23. The number of rotatable bonds is 1. The van der Waals surface area contributed by atoms with E-state index in [-0.39, 0.29) is 10.5 Å². The highest BCUT2D eigenvalue weighted by molar-refractivity contribution is 7.71. The van der Waals surface area contributed by atoms with Gasteiger partial charge in [-0.15, -0.1) is 0 Å². The number of nitrogen functional groups attached to an aromatic ring is 1. The fourth-order valence-corrected chi connectivity index (χ4v) is 1.10. The summed E-state index contributed by atoms with van der Waals surface area (Å²) in [5, 5.41) is 6.48. The summed E-state index contributed by atoms with van der Waals surface area (Å²) in [6.07, 6.45) is 1.67. The van der Waals surface area contributed by atoms with Gasteiger partial charge in [-0.25, -0.2) is 4.98 Å². The van der Waals surface area contributed by atoms with E-state index in [0.29, 0.717) is 11.5 Å². The Morgan fingerprint density at radius 1 is 1.36 bits per heavy atom. The quantitative estimate of drug-likeness (QED) is 0.683. The molecule has 2 rings (SSSR count). The molecule has 6 heteroatoms. The number of hydrogen-bond donors (Lipinski definition) is 2. The zero-order chi connectivity index (χ0) is 9.97. The van der Waals surface area contributed by atoms with Crippen LogP contribution in [0.2, 0.25) is 0 Å². The molecule has 0 aliphatic rings. The minimum Gasteiger partial charge on any atom is -0.380 e.